The van der Waals surface area contributed by atoms with Crippen molar-refractivity contribution in [1.82, 2.24) is 0 Å². The van der Waals surface area contributed by atoms with Crippen molar-refractivity contribution in [3.8, 4) is 0 Å². The van der Waals surface area contributed by atoms with Gasteiger partial charge in [0.1, 0.15) is 0 Å². The Morgan fingerprint density at radius 1 is 0.774 bits per heavy atom. The molecule has 6 nitrogen and oxygen atoms in total. The Morgan fingerprint density at radius 3 is 1.68 bits per heavy atom. The van der Waals surface area contributed by atoms with Gasteiger partial charge in [0.15, 0.2) is 0 Å². The molecule has 0 aromatic heterocycles. The van der Waals surface area contributed by atoms with Crippen LogP contribution in [0.15, 0.2) is 35.5 Å². The van der Waals surface area contributed by atoms with Gasteiger partial charge in [-0.2, -0.15) is 0 Å². The summed E-state index contributed by atoms with van der Waals surface area (Å²) < 4.78 is 0. The third kappa shape index (κ3) is 10.5. The fourth-order valence-electron chi connectivity index (χ4n) is 3.60. The normalized spacial score (nSPS) is 14.7. The van der Waals surface area contributed by atoms with E-state index in [0.717, 1.165) is 32.1 Å². The van der Waals surface area contributed by atoms with Crippen LogP contribution in [0, 0.1) is 10.8 Å². The van der Waals surface area contributed by atoms with Crippen LogP contribution in [-0.2, 0) is 14.4 Å². The number of rotatable bonds is 15. The Kier molecular flexibility index (Phi) is 12.1. The van der Waals surface area contributed by atoms with Gasteiger partial charge >= 0.3 is 17.9 Å². The van der Waals surface area contributed by atoms with Gasteiger partial charge in [-0.1, -0.05) is 91.9 Å². The Balaban J connectivity index is 6.47. The molecule has 0 radical (unpaired) electrons. The van der Waals surface area contributed by atoms with Crippen LogP contribution in [-0.4, -0.2) is 33.2 Å². The second-order valence-corrected chi connectivity index (χ2v) is 9.38. The van der Waals surface area contributed by atoms with Crippen LogP contribution < -0.4 is 0 Å². The highest BCUT2D eigenvalue weighted by Crippen LogP contribution is 2.40. The van der Waals surface area contributed by atoms with Crippen molar-refractivity contribution in [3.05, 3.63) is 35.5 Å². The third-order valence-electron chi connectivity index (χ3n) is 5.28. The maximum Gasteiger partial charge on any atom is 0.332 e. The third-order valence-corrected chi connectivity index (χ3v) is 5.28. The summed E-state index contributed by atoms with van der Waals surface area (Å²) in [6.45, 7) is 13.2. The van der Waals surface area contributed by atoms with Gasteiger partial charge in [0, 0.05) is 22.1 Å². The number of hydrogen-bond donors (Lipinski definition) is 3. The summed E-state index contributed by atoms with van der Waals surface area (Å²) in [6.07, 6.45) is 9.34. The van der Waals surface area contributed by atoms with Crippen LogP contribution in [0.2, 0.25) is 0 Å². The largest absolute Gasteiger partial charge is 0.478 e. The first-order valence-electron chi connectivity index (χ1n) is 11.1. The molecule has 0 aromatic carbocycles. The number of carbonyl (C=O) groups is 3. The Morgan fingerprint density at radius 2 is 1.26 bits per heavy atom. The molecule has 0 amide bonds. The Labute approximate surface area is 186 Å². The van der Waals surface area contributed by atoms with Crippen molar-refractivity contribution in [2.45, 2.75) is 92.4 Å². The molecule has 0 aromatic rings. The molecule has 0 aliphatic rings. The van der Waals surface area contributed by atoms with Crippen molar-refractivity contribution in [2.75, 3.05) is 0 Å². The highest BCUT2D eigenvalue weighted by Gasteiger charge is 2.35. The molecule has 0 heterocycles. The summed E-state index contributed by atoms with van der Waals surface area (Å²) in [6, 6.07) is 0. The number of allylic oxidation sites excluding steroid dienone is 2. The average Bonchev–Trinajstić information content (AvgIpc) is 2.65. The van der Waals surface area contributed by atoms with Crippen molar-refractivity contribution in [2.24, 2.45) is 10.8 Å². The molecule has 0 saturated heterocycles. The quantitative estimate of drug-likeness (QED) is 0.207. The fraction of sp³-hybridized carbons (Fsp3) is 0.640. The fourth-order valence-corrected chi connectivity index (χ4v) is 3.60. The zero-order valence-electron chi connectivity index (χ0n) is 19.8. The molecule has 1 unspecified atom stereocenters. The molecule has 176 valence electrons. The lowest BCUT2D eigenvalue weighted by molar-refractivity contribution is -0.135. The van der Waals surface area contributed by atoms with Crippen LogP contribution in [0.4, 0.5) is 0 Å². The summed E-state index contributed by atoms with van der Waals surface area (Å²) >= 11 is 0. The van der Waals surface area contributed by atoms with Crippen molar-refractivity contribution in [3.63, 3.8) is 0 Å². The van der Waals surface area contributed by atoms with E-state index in [2.05, 4.69) is 13.5 Å². The van der Waals surface area contributed by atoms with Crippen LogP contribution in [0.3, 0.4) is 0 Å². The molecule has 0 aliphatic carbocycles. The van der Waals surface area contributed by atoms with Gasteiger partial charge in [0.25, 0.3) is 0 Å². The van der Waals surface area contributed by atoms with Crippen molar-refractivity contribution in [1.29, 1.82) is 0 Å². The predicted octanol–water partition coefficient (Wildman–Crippen LogP) is 6.23. The molecule has 0 saturated carbocycles. The van der Waals surface area contributed by atoms with E-state index in [4.69, 9.17) is 0 Å². The lowest BCUT2D eigenvalue weighted by atomic mass is 9.72. The van der Waals surface area contributed by atoms with E-state index in [9.17, 15) is 29.7 Å². The van der Waals surface area contributed by atoms with Crippen LogP contribution in [0.5, 0.6) is 0 Å². The van der Waals surface area contributed by atoms with Gasteiger partial charge < -0.3 is 15.3 Å². The van der Waals surface area contributed by atoms with Gasteiger partial charge in [0.2, 0.25) is 0 Å². The number of carboxylic acids is 3. The molecule has 0 rings (SSSR count). The molecule has 0 aliphatic heterocycles. The predicted molar refractivity (Wildman–Crippen MR) is 123 cm³/mol. The van der Waals surface area contributed by atoms with Gasteiger partial charge in [-0.25, -0.2) is 14.4 Å². The Bertz CT molecular complexity index is 708. The zero-order valence-corrected chi connectivity index (χ0v) is 19.8. The highest BCUT2D eigenvalue weighted by atomic mass is 16.4. The number of hydrogen-bond acceptors (Lipinski definition) is 3. The van der Waals surface area contributed by atoms with E-state index in [1.807, 2.05) is 20.8 Å². The van der Waals surface area contributed by atoms with E-state index in [1.54, 1.807) is 6.92 Å². The summed E-state index contributed by atoms with van der Waals surface area (Å²) in [4.78, 5) is 35.7. The summed E-state index contributed by atoms with van der Waals surface area (Å²) in [5, 5.41) is 29.1. The minimum atomic E-state index is -1.38. The number of carboxylic acid groups (broad SMARTS) is 3. The van der Waals surface area contributed by atoms with Crippen LogP contribution >= 0.6 is 0 Å². The molecule has 0 fully saturated rings. The molecule has 0 spiro atoms. The molecule has 3 N–H and O–H groups in total. The SMILES string of the molecule is C=C(C(=O)O)C(C=C(CC)C(=O)O)(C=C(CC(C)(C)C)C(=O)O)CCCCCCCC. The van der Waals surface area contributed by atoms with Crippen molar-refractivity contribution < 1.29 is 29.7 Å². The lowest BCUT2D eigenvalue weighted by Crippen LogP contribution is -2.27. The second kappa shape index (κ2) is 13.1. The van der Waals surface area contributed by atoms with Gasteiger partial charge in [0.05, 0.1) is 0 Å². The Hall–Kier alpha value is -2.37. The number of aliphatic carboxylic acids is 3. The van der Waals surface area contributed by atoms with Gasteiger partial charge in [-0.3, -0.25) is 0 Å². The topological polar surface area (TPSA) is 112 Å². The molecule has 6 heteroatoms. The highest BCUT2D eigenvalue weighted by molar-refractivity contribution is 5.92. The standard InChI is InChI=1S/C25H40O6/c1-7-9-10-11-12-13-14-25(18(3)21(26)27,16-19(8-2)22(28)29)17-20(23(30)31)15-24(4,5)6/h16-17H,3,7-15H2,1-2,4-6H3,(H,26,27)(H,28,29)(H,30,31). The van der Waals surface area contributed by atoms with Gasteiger partial charge in [-0.15, -0.1) is 0 Å². The monoisotopic (exact) mass is 436 g/mol. The maximum atomic E-state index is 12.0. The maximum absolute atomic E-state index is 12.0. The second-order valence-electron chi connectivity index (χ2n) is 9.38. The van der Waals surface area contributed by atoms with Gasteiger partial charge in [-0.05, 0) is 24.7 Å². The first kappa shape index (κ1) is 28.6. The molecule has 1 atom stereocenters. The molecule has 0 bridgehead atoms. The summed E-state index contributed by atoms with van der Waals surface area (Å²) in [7, 11) is 0. The smallest absolute Gasteiger partial charge is 0.332 e. The minimum Gasteiger partial charge on any atom is -0.478 e. The van der Waals surface area contributed by atoms with E-state index in [0.29, 0.717) is 12.8 Å². The minimum absolute atomic E-state index is 0.0464. The van der Waals surface area contributed by atoms with E-state index >= 15 is 0 Å². The number of unbranched alkanes of at least 4 members (excludes halogenated alkanes) is 5. The van der Waals surface area contributed by atoms with Crippen molar-refractivity contribution >= 4 is 17.9 Å². The van der Waals surface area contributed by atoms with Crippen LogP contribution in [0.1, 0.15) is 92.4 Å². The molecular formula is C25H40O6. The average molecular weight is 437 g/mol. The van der Waals surface area contributed by atoms with E-state index in [-0.39, 0.29) is 35.0 Å². The summed E-state index contributed by atoms with van der Waals surface area (Å²) in [5.74, 6) is -3.55. The zero-order chi connectivity index (χ0) is 24.2. The first-order valence-corrected chi connectivity index (χ1v) is 11.1. The summed E-state index contributed by atoms with van der Waals surface area (Å²) in [5.41, 5.74) is -1.81. The molecule has 31 heavy (non-hydrogen) atoms. The molecular weight excluding hydrogens is 396 g/mol. The van der Waals surface area contributed by atoms with E-state index in [1.165, 1.54) is 12.2 Å². The van der Waals surface area contributed by atoms with Crippen LogP contribution in [0.25, 0.3) is 0 Å². The lowest BCUT2D eigenvalue weighted by Gasteiger charge is -2.31. The van der Waals surface area contributed by atoms with E-state index < -0.39 is 23.3 Å². The first-order chi connectivity index (χ1) is 14.3.